The van der Waals surface area contributed by atoms with Crippen LogP contribution in [-0.4, -0.2) is 5.16 Å². The van der Waals surface area contributed by atoms with Gasteiger partial charge in [0.2, 0.25) is 0 Å². The summed E-state index contributed by atoms with van der Waals surface area (Å²) in [4.78, 5) is 5.43. The SMILES string of the molecule is CCc1ccc(C#Cc2cc(F)c(N=C=S)c(F)c2)s1. The van der Waals surface area contributed by atoms with Crippen LogP contribution in [0.3, 0.4) is 0 Å². The summed E-state index contributed by atoms with van der Waals surface area (Å²) < 4.78 is 27.2. The minimum atomic E-state index is -0.799. The minimum Gasteiger partial charge on any atom is -0.204 e. The number of isothiocyanates is 1. The van der Waals surface area contributed by atoms with Crippen molar-refractivity contribution >= 4 is 34.4 Å². The van der Waals surface area contributed by atoms with Gasteiger partial charge >= 0.3 is 0 Å². The molecule has 1 aromatic heterocycles. The number of hydrogen-bond donors (Lipinski definition) is 0. The summed E-state index contributed by atoms with van der Waals surface area (Å²) in [7, 11) is 0. The van der Waals surface area contributed by atoms with Gasteiger partial charge in [-0.15, -0.1) is 11.3 Å². The number of aryl methyl sites for hydroxylation is 1. The van der Waals surface area contributed by atoms with Crippen LogP contribution in [0.2, 0.25) is 0 Å². The van der Waals surface area contributed by atoms with Gasteiger partial charge in [-0.1, -0.05) is 18.8 Å². The van der Waals surface area contributed by atoms with E-state index < -0.39 is 17.3 Å². The van der Waals surface area contributed by atoms with Crippen molar-refractivity contribution in [2.24, 2.45) is 4.99 Å². The zero-order valence-corrected chi connectivity index (χ0v) is 12.2. The first-order valence-electron chi connectivity index (χ1n) is 5.81. The number of thiophene rings is 1. The molecule has 0 amide bonds. The molecule has 2 rings (SSSR count). The molecule has 100 valence electrons. The maximum atomic E-state index is 13.6. The van der Waals surface area contributed by atoms with E-state index in [4.69, 9.17) is 0 Å². The van der Waals surface area contributed by atoms with Crippen molar-refractivity contribution in [3.05, 3.63) is 51.2 Å². The molecule has 20 heavy (non-hydrogen) atoms. The summed E-state index contributed by atoms with van der Waals surface area (Å²) in [5, 5.41) is 1.95. The van der Waals surface area contributed by atoms with Crippen molar-refractivity contribution in [1.29, 1.82) is 0 Å². The molecular weight excluding hydrogens is 296 g/mol. The second kappa shape index (κ2) is 6.53. The number of nitrogens with zero attached hydrogens (tertiary/aromatic N) is 1. The Kier molecular flexibility index (Phi) is 4.75. The molecule has 0 saturated heterocycles. The first kappa shape index (κ1) is 14.5. The van der Waals surface area contributed by atoms with E-state index in [9.17, 15) is 8.78 Å². The van der Waals surface area contributed by atoms with Crippen molar-refractivity contribution in [2.75, 3.05) is 0 Å². The maximum absolute atomic E-state index is 13.6. The van der Waals surface area contributed by atoms with E-state index in [1.54, 1.807) is 11.3 Å². The van der Waals surface area contributed by atoms with E-state index in [1.165, 1.54) is 4.88 Å². The fraction of sp³-hybridized carbons (Fsp3) is 0.133. The minimum absolute atomic E-state index is 0.259. The molecule has 1 aromatic carbocycles. The van der Waals surface area contributed by atoms with Gasteiger partial charge in [-0.05, 0) is 42.9 Å². The number of rotatable bonds is 2. The molecule has 0 fully saturated rings. The average Bonchev–Trinajstić information content (AvgIpc) is 2.88. The highest BCUT2D eigenvalue weighted by Crippen LogP contribution is 2.23. The lowest BCUT2D eigenvalue weighted by atomic mass is 10.2. The third-order valence-corrected chi connectivity index (χ3v) is 3.75. The standard InChI is InChI=1S/C15H9F2NS2/c1-2-11-5-6-12(20-11)4-3-10-7-13(16)15(18-9-19)14(17)8-10/h5-8H,2H2,1H3. The molecule has 0 spiro atoms. The topological polar surface area (TPSA) is 12.4 Å². The summed E-state index contributed by atoms with van der Waals surface area (Å²) in [5.41, 5.74) is -0.176. The third-order valence-electron chi connectivity index (χ3n) is 2.51. The lowest BCUT2D eigenvalue weighted by molar-refractivity contribution is 0.587. The quantitative estimate of drug-likeness (QED) is 0.444. The maximum Gasteiger partial charge on any atom is 0.153 e. The van der Waals surface area contributed by atoms with Gasteiger partial charge in [0.25, 0.3) is 0 Å². The molecule has 1 heterocycles. The predicted molar refractivity (Wildman–Crippen MR) is 80.7 cm³/mol. The number of aliphatic imine (C=N–C) groups is 1. The Hall–Kier alpha value is -1.86. The number of hydrogen-bond acceptors (Lipinski definition) is 3. The van der Waals surface area contributed by atoms with Crippen LogP contribution in [0, 0.1) is 23.5 Å². The highest BCUT2D eigenvalue weighted by Gasteiger charge is 2.09. The summed E-state index contributed by atoms with van der Waals surface area (Å²) in [6.45, 7) is 2.06. The molecule has 0 unspecified atom stereocenters. The second-order valence-electron chi connectivity index (χ2n) is 3.86. The summed E-state index contributed by atoms with van der Waals surface area (Å²) in [6.07, 6.45) is 0.944. The fourth-order valence-electron chi connectivity index (χ4n) is 1.56. The van der Waals surface area contributed by atoms with Crippen LogP contribution in [0.1, 0.15) is 22.2 Å². The second-order valence-corrected chi connectivity index (χ2v) is 5.21. The van der Waals surface area contributed by atoms with Crippen LogP contribution in [0.15, 0.2) is 29.3 Å². The Morgan fingerprint density at radius 1 is 1.20 bits per heavy atom. The van der Waals surface area contributed by atoms with Crippen LogP contribution in [-0.2, 0) is 6.42 Å². The van der Waals surface area contributed by atoms with Gasteiger partial charge in [0.15, 0.2) is 11.6 Å². The van der Waals surface area contributed by atoms with Crippen LogP contribution >= 0.6 is 23.6 Å². The predicted octanol–water partition coefficient (Wildman–Crippen LogP) is 4.72. The molecule has 0 saturated carbocycles. The van der Waals surface area contributed by atoms with Crippen LogP contribution in [0.4, 0.5) is 14.5 Å². The molecule has 0 aliphatic carbocycles. The van der Waals surface area contributed by atoms with Gasteiger partial charge in [-0.25, -0.2) is 8.78 Å². The zero-order chi connectivity index (χ0) is 14.5. The van der Waals surface area contributed by atoms with Crippen LogP contribution in [0.5, 0.6) is 0 Å². The molecule has 0 atom stereocenters. The van der Waals surface area contributed by atoms with E-state index in [-0.39, 0.29) is 5.56 Å². The Labute approximate surface area is 125 Å². The highest BCUT2D eigenvalue weighted by atomic mass is 32.1. The summed E-state index contributed by atoms with van der Waals surface area (Å²) in [5.74, 6) is 4.03. The molecular formula is C15H9F2NS2. The Bertz CT molecular complexity index is 724. The largest absolute Gasteiger partial charge is 0.204 e. The van der Waals surface area contributed by atoms with Crippen LogP contribution in [0.25, 0.3) is 0 Å². The Balaban J connectivity index is 2.33. The van der Waals surface area contributed by atoms with E-state index in [0.717, 1.165) is 23.4 Å². The summed E-state index contributed by atoms with van der Waals surface area (Å²) in [6, 6.07) is 6.16. The molecule has 0 N–H and O–H groups in total. The zero-order valence-electron chi connectivity index (χ0n) is 10.5. The third kappa shape index (κ3) is 3.37. The highest BCUT2D eigenvalue weighted by molar-refractivity contribution is 7.78. The van der Waals surface area contributed by atoms with Crippen molar-refractivity contribution in [2.45, 2.75) is 13.3 Å². The molecule has 1 nitrogen and oxygen atoms in total. The Morgan fingerprint density at radius 3 is 2.45 bits per heavy atom. The van der Waals surface area contributed by atoms with Gasteiger partial charge in [0.1, 0.15) is 5.69 Å². The van der Waals surface area contributed by atoms with E-state index in [2.05, 4.69) is 36.0 Å². The molecule has 2 aromatic rings. The van der Waals surface area contributed by atoms with Crippen molar-refractivity contribution in [3.63, 3.8) is 0 Å². The molecule has 5 heteroatoms. The Morgan fingerprint density at radius 2 is 1.90 bits per heavy atom. The monoisotopic (exact) mass is 305 g/mol. The van der Waals surface area contributed by atoms with Crippen molar-refractivity contribution in [3.8, 4) is 11.8 Å². The number of halogens is 2. The lowest BCUT2D eigenvalue weighted by Gasteiger charge is -1.98. The van der Waals surface area contributed by atoms with Crippen molar-refractivity contribution in [1.82, 2.24) is 0 Å². The normalized spacial score (nSPS) is 9.55. The molecule has 0 bridgehead atoms. The smallest absolute Gasteiger partial charge is 0.153 e. The number of benzene rings is 1. The molecule has 0 aliphatic heterocycles. The van der Waals surface area contributed by atoms with Gasteiger partial charge < -0.3 is 0 Å². The van der Waals surface area contributed by atoms with Gasteiger partial charge in [0, 0.05) is 10.4 Å². The van der Waals surface area contributed by atoms with Crippen LogP contribution < -0.4 is 0 Å². The van der Waals surface area contributed by atoms with E-state index in [1.807, 2.05) is 17.3 Å². The van der Waals surface area contributed by atoms with E-state index >= 15 is 0 Å². The van der Waals surface area contributed by atoms with E-state index in [0.29, 0.717) is 0 Å². The average molecular weight is 305 g/mol. The molecule has 0 radical (unpaired) electrons. The first-order valence-corrected chi connectivity index (χ1v) is 7.04. The fourth-order valence-corrected chi connectivity index (χ4v) is 2.45. The summed E-state index contributed by atoms with van der Waals surface area (Å²) >= 11 is 5.91. The lowest BCUT2D eigenvalue weighted by Crippen LogP contribution is -1.86. The molecule has 0 aliphatic rings. The van der Waals surface area contributed by atoms with Crippen molar-refractivity contribution < 1.29 is 8.78 Å². The number of thiocarbonyl (C=S) groups is 1. The van der Waals surface area contributed by atoms with Gasteiger partial charge in [-0.3, -0.25) is 0 Å². The first-order chi connectivity index (χ1) is 9.63. The van der Waals surface area contributed by atoms with Gasteiger partial charge in [-0.2, -0.15) is 4.99 Å². The van der Waals surface area contributed by atoms with Gasteiger partial charge in [0.05, 0.1) is 10.0 Å².